The second-order valence-corrected chi connectivity index (χ2v) is 6.74. The van der Waals surface area contributed by atoms with Crippen LogP contribution in [0.15, 0.2) is 18.2 Å². The van der Waals surface area contributed by atoms with Crippen molar-refractivity contribution in [1.82, 2.24) is 0 Å². The minimum absolute atomic E-state index is 0.0652. The van der Waals surface area contributed by atoms with Gasteiger partial charge in [-0.05, 0) is 31.0 Å². The third kappa shape index (κ3) is 5.58. The van der Waals surface area contributed by atoms with Crippen LogP contribution in [0.3, 0.4) is 0 Å². The van der Waals surface area contributed by atoms with Gasteiger partial charge in [0.25, 0.3) is 0 Å². The number of hydrogen-bond acceptors (Lipinski definition) is 5. The topological polar surface area (TPSA) is 98.5 Å². The monoisotopic (exact) mass is 300 g/mol. The summed E-state index contributed by atoms with van der Waals surface area (Å²) in [6.45, 7) is 2.20. The highest BCUT2D eigenvalue weighted by atomic mass is 32.2. The first kappa shape index (κ1) is 16.5. The molecule has 112 valence electrons. The maximum atomic E-state index is 11.7. The summed E-state index contributed by atoms with van der Waals surface area (Å²) in [4.78, 5) is 11.7. The van der Waals surface area contributed by atoms with E-state index in [0.717, 1.165) is 5.56 Å². The number of nitrogens with one attached hydrogen (secondary N) is 1. The Morgan fingerprint density at radius 1 is 1.40 bits per heavy atom. The molecule has 0 aliphatic carbocycles. The van der Waals surface area contributed by atoms with Gasteiger partial charge in [0.05, 0.1) is 5.75 Å². The number of methoxy groups -OCH3 is 1. The van der Waals surface area contributed by atoms with Gasteiger partial charge in [-0.3, -0.25) is 4.79 Å². The van der Waals surface area contributed by atoms with Crippen molar-refractivity contribution in [1.29, 1.82) is 0 Å². The van der Waals surface area contributed by atoms with E-state index >= 15 is 0 Å². The fourth-order valence-corrected chi connectivity index (χ4v) is 2.78. The Kier molecular flexibility index (Phi) is 5.97. The molecule has 0 fully saturated rings. The predicted octanol–water partition coefficient (Wildman–Crippen LogP) is 0.967. The molecule has 0 aromatic heterocycles. The van der Waals surface area contributed by atoms with Crippen molar-refractivity contribution >= 4 is 27.1 Å². The zero-order valence-electron chi connectivity index (χ0n) is 11.7. The van der Waals surface area contributed by atoms with Gasteiger partial charge < -0.3 is 15.8 Å². The molecule has 0 saturated carbocycles. The van der Waals surface area contributed by atoms with Gasteiger partial charge in [0, 0.05) is 25.1 Å². The number of benzene rings is 1. The molecule has 1 aromatic carbocycles. The quantitative estimate of drug-likeness (QED) is 0.577. The Morgan fingerprint density at radius 3 is 2.70 bits per heavy atom. The van der Waals surface area contributed by atoms with Crippen LogP contribution in [0, 0.1) is 6.92 Å². The fourth-order valence-electron chi connectivity index (χ4n) is 1.61. The molecule has 20 heavy (non-hydrogen) atoms. The average molecular weight is 300 g/mol. The fraction of sp³-hybridized carbons (Fsp3) is 0.462. The van der Waals surface area contributed by atoms with E-state index in [1.54, 1.807) is 18.2 Å². The summed E-state index contributed by atoms with van der Waals surface area (Å²) in [5, 5.41) is 2.53. The van der Waals surface area contributed by atoms with Crippen LogP contribution in [0.5, 0.6) is 0 Å². The van der Waals surface area contributed by atoms with Crippen molar-refractivity contribution in [2.24, 2.45) is 0 Å². The summed E-state index contributed by atoms with van der Waals surface area (Å²) in [5.41, 5.74) is 7.66. The van der Waals surface area contributed by atoms with Crippen molar-refractivity contribution in [2.45, 2.75) is 13.3 Å². The normalized spacial score (nSPS) is 11.3. The third-order valence-electron chi connectivity index (χ3n) is 2.72. The number of carbonyl (C=O) groups excluding carboxylic acids is 1. The van der Waals surface area contributed by atoms with E-state index in [9.17, 15) is 13.2 Å². The Balaban J connectivity index is 2.56. The molecule has 0 saturated heterocycles. The molecule has 7 heteroatoms. The molecule has 0 radical (unpaired) electrons. The highest BCUT2D eigenvalue weighted by molar-refractivity contribution is 7.92. The first-order chi connectivity index (χ1) is 9.34. The summed E-state index contributed by atoms with van der Waals surface area (Å²) in [6, 6.07) is 5.05. The number of nitrogens with two attached hydrogens (primary N) is 1. The van der Waals surface area contributed by atoms with Crippen LogP contribution in [0.1, 0.15) is 12.0 Å². The number of sulfone groups is 1. The van der Waals surface area contributed by atoms with Gasteiger partial charge >= 0.3 is 0 Å². The van der Waals surface area contributed by atoms with Crippen LogP contribution in [-0.2, 0) is 19.4 Å². The second-order valence-electron chi connectivity index (χ2n) is 4.56. The van der Waals surface area contributed by atoms with Gasteiger partial charge in [-0.2, -0.15) is 0 Å². The third-order valence-corrected chi connectivity index (χ3v) is 4.33. The van der Waals surface area contributed by atoms with Crippen LogP contribution < -0.4 is 11.1 Å². The van der Waals surface area contributed by atoms with E-state index in [0.29, 0.717) is 24.4 Å². The van der Waals surface area contributed by atoms with Gasteiger partial charge in [-0.1, -0.05) is 6.07 Å². The zero-order chi connectivity index (χ0) is 15.2. The van der Waals surface area contributed by atoms with Crippen molar-refractivity contribution in [3.63, 3.8) is 0 Å². The number of amides is 1. The van der Waals surface area contributed by atoms with E-state index < -0.39 is 21.5 Å². The maximum absolute atomic E-state index is 11.7. The molecule has 1 amide bonds. The summed E-state index contributed by atoms with van der Waals surface area (Å²) in [5.74, 6) is -1.17. The Bertz CT molecular complexity index is 570. The lowest BCUT2D eigenvalue weighted by Gasteiger charge is -2.08. The summed E-state index contributed by atoms with van der Waals surface area (Å²) >= 11 is 0. The number of carbonyl (C=O) groups is 1. The lowest BCUT2D eigenvalue weighted by molar-refractivity contribution is -0.113. The Hall–Kier alpha value is -1.60. The van der Waals surface area contributed by atoms with E-state index in [1.165, 1.54) is 7.11 Å². The number of ether oxygens (including phenoxy) is 1. The van der Waals surface area contributed by atoms with E-state index in [2.05, 4.69) is 5.32 Å². The van der Waals surface area contributed by atoms with E-state index in [-0.39, 0.29) is 5.75 Å². The number of nitrogen functional groups attached to an aromatic ring is 1. The van der Waals surface area contributed by atoms with E-state index in [1.807, 2.05) is 6.92 Å². The summed E-state index contributed by atoms with van der Waals surface area (Å²) in [6.07, 6.45) is 0.379. The van der Waals surface area contributed by atoms with Crippen molar-refractivity contribution in [2.75, 3.05) is 36.3 Å². The number of rotatable bonds is 7. The molecule has 6 nitrogen and oxygen atoms in total. The summed E-state index contributed by atoms with van der Waals surface area (Å²) in [7, 11) is -1.91. The largest absolute Gasteiger partial charge is 0.398 e. The Morgan fingerprint density at radius 2 is 2.10 bits per heavy atom. The molecular formula is C13H20N2O4S. The average Bonchev–Trinajstić information content (AvgIpc) is 2.33. The molecule has 0 aliphatic heterocycles. The van der Waals surface area contributed by atoms with Crippen LogP contribution >= 0.6 is 0 Å². The van der Waals surface area contributed by atoms with Crippen molar-refractivity contribution < 1.29 is 17.9 Å². The minimum atomic E-state index is -3.41. The van der Waals surface area contributed by atoms with Crippen LogP contribution in [0.25, 0.3) is 0 Å². The maximum Gasteiger partial charge on any atom is 0.239 e. The first-order valence-electron chi connectivity index (χ1n) is 6.19. The minimum Gasteiger partial charge on any atom is -0.398 e. The molecule has 3 N–H and O–H groups in total. The zero-order valence-corrected chi connectivity index (χ0v) is 12.5. The highest BCUT2D eigenvalue weighted by Gasteiger charge is 2.16. The van der Waals surface area contributed by atoms with E-state index in [4.69, 9.17) is 10.5 Å². The molecule has 1 rings (SSSR count). The molecule has 1 aromatic rings. The van der Waals surface area contributed by atoms with Gasteiger partial charge in [-0.15, -0.1) is 0 Å². The lowest BCUT2D eigenvalue weighted by atomic mass is 10.2. The first-order valence-corrected chi connectivity index (χ1v) is 8.01. The molecule has 0 unspecified atom stereocenters. The van der Waals surface area contributed by atoms with Gasteiger partial charge in [-0.25, -0.2) is 8.42 Å². The Labute approximate surface area is 119 Å². The molecule has 0 spiro atoms. The molecule has 0 heterocycles. The number of anilines is 2. The SMILES string of the molecule is COCCCS(=O)(=O)CC(=O)Nc1ccc(C)c(N)c1. The van der Waals surface area contributed by atoms with Crippen LogP contribution in [0.2, 0.25) is 0 Å². The highest BCUT2D eigenvalue weighted by Crippen LogP contribution is 2.16. The van der Waals surface area contributed by atoms with Gasteiger partial charge in [0.2, 0.25) is 5.91 Å². The molecular weight excluding hydrogens is 280 g/mol. The standard InChI is InChI=1S/C13H20N2O4S/c1-10-4-5-11(8-12(10)14)15-13(16)9-20(17,18)7-3-6-19-2/h4-5,8H,3,6-7,9,14H2,1-2H3,(H,15,16). The smallest absolute Gasteiger partial charge is 0.239 e. The molecule has 0 aliphatic rings. The second kappa shape index (κ2) is 7.25. The van der Waals surface area contributed by atoms with Crippen LogP contribution in [0.4, 0.5) is 11.4 Å². The van der Waals surface area contributed by atoms with Crippen molar-refractivity contribution in [3.8, 4) is 0 Å². The van der Waals surface area contributed by atoms with Gasteiger partial charge in [0.15, 0.2) is 9.84 Å². The number of hydrogen-bond donors (Lipinski definition) is 2. The number of aryl methyl sites for hydroxylation is 1. The van der Waals surface area contributed by atoms with Crippen molar-refractivity contribution in [3.05, 3.63) is 23.8 Å². The predicted molar refractivity (Wildman–Crippen MR) is 79.4 cm³/mol. The lowest BCUT2D eigenvalue weighted by Crippen LogP contribution is -2.25. The molecule has 0 bridgehead atoms. The van der Waals surface area contributed by atoms with Gasteiger partial charge in [0.1, 0.15) is 5.75 Å². The molecule has 0 atom stereocenters. The summed E-state index contributed by atoms with van der Waals surface area (Å²) < 4.78 is 28.2. The van der Waals surface area contributed by atoms with Crippen LogP contribution in [-0.4, -0.2) is 39.5 Å².